The Morgan fingerprint density at radius 3 is 2.60 bits per heavy atom. The van der Waals surface area contributed by atoms with E-state index in [4.69, 9.17) is 19.3 Å². The lowest BCUT2D eigenvalue weighted by Crippen LogP contribution is -2.02. The maximum Gasteiger partial charge on any atom is 0.354 e. The van der Waals surface area contributed by atoms with E-state index in [0.717, 1.165) is 6.42 Å². The quantitative estimate of drug-likeness (QED) is 0.904. The number of fused-ring (bicyclic) bond motifs is 2. The smallest absolute Gasteiger partial charge is 0.354 e. The number of benzene rings is 1. The molecule has 0 unspecified atom stereocenters. The molecule has 6 nitrogen and oxygen atoms in total. The average Bonchev–Trinajstić information content (AvgIpc) is 2.68. The Labute approximate surface area is 114 Å². The minimum atomic E-state index is -1.10. The summed E-state index contributed by atoms with van der Waals surface area (Å²) in [6, 6.07) is 4.85. The van der Waals surface area contributed by atoms with Gasteiger partial charge in [-0.05, 0) is 6.07 Å². The summed E-state index contributed by atoms with van der Waals surface area (Å²) in [7, 11) is 1.49. The third-order valence-corrected chi connectivity index (χ3v) is 3.08. The topological polar surface area (TPSA) is 77.9 Å². The number of pyridine rings is 1. The number of hydrogen-bond acceptors (Lipinski definition) is 5. The van der Waals surface area contributed by atoms with E-state index in [9.17, 15) is 4.79 Å². The minimum absolute atomic E-state index is 0.0659. The summed E-state index contributed by atoms with van der Waals surface area (Å²) < 4.78 is 16.4. The number of hydrogen-bond donors (Lipinski definition) is 1. The van der Waals surface area contributed by atoms with Crippen molar-refractivity contribution in [2.45, 2.75) is 6.42 Å². The van der Waals surface area contributed by atoms with Crippen LogP contribution < -0.4 is 14.2 Å². The molecule has 0 saturated heterocycles. The Bertz CT molecular complexity index is 683. The van der Waals surface area contributed by atoms with Gasteiger partial charge < -0.3 is 19.3 Å². The molecule has 1 N–H and O–H groups in total. The van der Waals surface area contributed by atoms with Crippen LogP contribution in [-0.4, -0.2) is 36.4 Å². The molecule has 0 atom stereocenters. The number of rotatable bonds is 2. The van der Waals surface area contributed by atoms with Crippen molar-refractivity contribution in [3.8, 4) is 17.2 Å². The van der Waals surface area contributed by atoms with Gasteiger partial charge in [-0.25, -0.2) is 9.78 Å². The molecule has 0 amide bonds. The second-order valence-electron chi connectivity index (χ2n) is 4.38. The van der Waals surface area contributed by atoms with E-state index in [-0.39, 0.29) is 5.69 Å². The second kappa shape index (κ2) is 4.88. The summed E-state index contributed by atoms with van der Waals surface area (Å²) in [5.41, 5.74) is 0.440. The van der Waals surface area contributed by atoms with Gasteiger partial charge in [-0.3, -0.25) is 0 Å². The van der Waals surface area contributed by atoms with E-state index in [1.165, 1.54) is 13.2 Å². The largest absolute Gasteiger partial charge is 0.496 e. The Balaban J connectivity index is 2.24. The summed E-state index contributed by atoms with van der Waals surface area (Å²) >= 11 is 0. The average molecular weight is 275 g/mol. The molecule has 0 saturated carbocycles. The minimum Gasteiger partial charge on any atom is -0.496 e. The van der Waals surface area contributed by atoms with Gasteiger partial charge in [0.15, 0.2) is 17.2 Å². The van der Waals surface area contributed by atoms with Gasteiger partial charge in [0.2, 0.25) is 0 Å². The lowest BCUT2D eigenvalue weighted by molar-refractivity contribution is 0.0690. The normalized spacial score (nSPS) is 13.8. The van der Waals surface area contributed by atoms with Crippen LogP contribution in [0.4, 0.5) is 0 Å². The van der Waals surface area contributed by atoms with Gasteiger partial charge in [0.1, 0.15) is 5.75 Å². The fourth-order valence-corrected chi connectivity index (χ4v) is 2.13. The monoisotopic (exact) mass is 275 g/mol. The first-order valence-electron chi connectivity index (χ1n) is 6.20. The van der Waals surface area contributed by atoms with Crippen LogP contribution in [0.25, 0.3) is 10.9 Å². The lowest BCUT2D eigenvalue weighted by atomic mass is 10.1. The highest BCUT2D eigenvalue weighted by Gasteiger charge is 2.17. The van der Waals surface area contributed by atoms with Gasteiger partial charge >= 0.3 is 5.97 Å². The van der Waals surface area contributed by atoms with E-state index in [0.29, 0.717) is 41.4 Å². The molecule has 2 heterocycles. The number of carboxylic acid groups (broad SMARTS) is 1. The van der Waals surface area contributed by atoms with Gasteiger partial charge in [0, 0.05) is 23.9 Å². The molecule has 20 heavy (non-hydrogen) atoms. The Morgan fingerprint density at radius 1 is 1.25 bits per heavy atom. The van der Waals surface area contributed by atoms with Crippen molar-refractivity contribution in [2.24, 2.45) is 0 Å². The summed E-state index contributed by atoms with van der Waals surface area (Å²) in [5.74, 6) is 0.547. The van der Waals surface area contributed by atoms with Crippen molar-refractivity contribution >= 4 is 16.9 Å². The molecule has 1 aromatic heterocycles. The highest BCUT2D eigenvalue weighted by molar-refractivity contribution is 5.94. The summed E-state index contributed by atoms with van der Waals surface area (Å²) in [5, 5.41) is 9.77. The number of aromatic carboxylic acids is 1. The molecule has 0 bridgehead atoms. The van der Waals surface area contributed by atoms with E-state index in [2.05, 4.69) is 4.98 Å². The first kappa shape index (κ1) is 12.5. The van der Waals surface area contributed by atoms with Crippen molar-refractivity contribution in [1.82, 2.24) is 4.98 Å². The summed E-state index contributed by atoms with van der Waals surface area (Å²) in [6.07, 6.45) is 0.802. The second-order valence-corrected chi connectivity index (χ2v) is 4.38. The summed E-state index contributed by atoms with van der Waals surface area (Å²) in [6.45, 7) is 1.15. The molecule has 104 valence electrons. The Morgan fingerprint density at radius 2 is 1.95 bits per heavy atom. The van der Waals surface area contributed by atoms with E-state index in [1.54, 1.807) is 12.1 Å². The van der Waals surface area contributed by atoms with Gasteiger partial charge in [0.05, 0.1) is 25.8 Å². The number of carboxylic acids is 1. The predicted octanol–water partition coefficient (Wildman–Crippen LogP) is 2.10. The molecule has 0 aliphatic carbocycles. The maximum absolute atomic E-state index is 11.1. The SMILES string of the molecule is COc1cc(C(=O)O)nc2cc3c(cc12)OCCCO3. The number of methoxy groups -OCH3 is 1. The fraction of sp³-hybridized carbons (Fsp3) is 0.286. The number of nitrogens with zero attached hydrogens (tertiary/aromatic N) is 1. The molecule has 6 heteroatoms. The first-order valence-corrected chi connectivity index (χ1v) is 6.20. The number of aromatic nitrogens is 1. The molecule has 1 aromatic carbocycles. The third kappa shape index (κ3) is 2.09. The molecule has 0 spiro atoms. The third-order valence-electron chi connectivity index (χ3n) is 3.08. The predicted molar refractivity (Wildman–Crippen MR) is 70.9 cm³/mol. The van der Waals surface area contributed by atoms with E-state index in [1.807, 2.05) is 0 Å². The molecule has 3 rings (SSSR count). The van der Waals surface area contributed by atoms with Crippen LogP contribution in [0.2, 0.25) is 0 Å². The molecule has 1 aliphatic heterocycles. The Kier molecular flexibility index (Phi) is 3.06. The highest BCUT2D eigenvalue weighted by atomic mass is 16.5. The molecular weight excluding hydrogens is 262 g/mol. The standard InChI is InChI=1S/C14H13NO5/c1-18-11-7-10(14(16)17)15-9-6-13-12(5-8(9)11)19-3-2-4-20-13/h5-7H,2-4H2,1H3,(H,16,17). The van der Waals surface area contributed by atoms with Gasteiger partial charge in [-0.15, -0.1) is 0 Å². The van der Waals surface area contributed by atoms with Crippen LogP contribution in [0.1, 0.15) is 16.9 Å². The zero-order chi connectivity index (χ0) is 14.1. The van der Waals surface area contributed by atoms with Crippen molar-refractivity contribution < 1.29 is 24.1 Å². The summed E-state index contributed by atoms with van der Waals surface area (Å²) in [4.78, 5) is 15.2. The van der Waals surface area contributed by atoms with Crippen molar-refractivity contribution in [1.29, 1.82) is 0 Å². The molecule has 0 fully saturated rings. The van der Waals surface area contributed by atoms with Crippen LogP contribution in [0.5, 0.6) is 17.2 Å². The van der Waals surface area contributed by atoms with Crippen LogP contribution in [0.15, 0.2) is 18.2 Å². The van der Waals surface area contributed by atoms with Crippen LogP contribution in [-0.2, 0) is 0 Å². The van der Waals surface area contributed by atoms with E-state index >= 15 is 0 Å². The van der Waals surface area contributed by atoms with Crippen LogP contribution in [0, 0.1) is 0 Å². The molecule has 2 aromatic rings. The van der Waals surface area contributed by atoms with Crippen molar-refractivity contribution in [3.05, 3.63) is 23.9 Å². The highest BCUT2D eigenvalue weighted by Crippen LogP contribution is 2.37. The maximum atomic E-state index is 11.1. The van der Waals surface area contributed by atoms with Crippen LogP contribution >= 0.6 is 0 Å². The Hall–Kier alpha value is -2.50. The van der Waals surface area contributed by atoms with Crippen molar-refractivity contribution in [2.75, 3.05) is 20.3 Å². The van der Waals surface area contributed by atoms with Crippen LogP contribution in [0.3, 0.4) is 0 Å². The molecule has 0 radical (unpaired) electrons. The lowest BCUT2D eigenvalue weighted by Gasteiger charge is -2.11. The zero-order valence-corrected chi connectivity index (χ0v) is 10.9. The van der Waals surface area contributed by atoms with Gasteiger partial charge in [-0.2, -0.15) is 0 Å². The van der Waals surface area contributed by atoms with Gasteiger partial charge in [0.25, 0.3) is 0 Å². The van der Waals surface area contributed by atoms with Crippen molar-refractivity contribution in [3.63, 3.8) is 0 Å². The molecule has 1 aliphatic rings. The first-order chi connectivity index (χ1) is 9.69. The molecular formula is C14H13NO5. The van der Waals surface area contributed by atoms with E-state index < -0.39 is 5.97 Å². The van der Waals surface area contributed by atoms with Gasteiger partial charge in [-0.1, -0.05) is 0 Å². The number of ether oxygens (including phenoxy) is 3. The number of carbonyl (C=O) groups is 1. The zero-order valence-electron chi connectivity index (χ0n) is 10.9. The fourth-order valence-electron chi connectivity index (χ4n) is 2.13.